The van der Waals surface area contributed by atoms with Gasteiger partial charge >= 0.3 is 0 Å². The molecular formula is C8H9NO3. The van der Waals surface area contributed by atoms with Crippen molar-refractivity contribution in [3.05, 3.63) is 18.2 Å². The topological polar surface area (TPSA) is 64.7 Å². The summed E-state index contributed by atoms with van der Waals surface area (Å²) in [5.74, 6) is 1.01. The molecule has 1 unspecified atom stereocenters. The molecule has 0 saturated carbocycles. The molecule has 1 aliphatic rings. The van der Waals surface area contributed by atoms with Crippen LogP contribution in [-0.4, -0.2) is 18.0 Å². The van der Waals surface area contributed by atoms with E-state index < -0.39 is 6.29 Å². The molecular weight excluding hydrogens is 158 g/mol. The Hall–Kier alpha value is -1.42. The highest BCUT2D eigenvalue weighted by Crippen LogP contribution is 2.36. The first kappa shape index (κ1) is 7.24. The van der Waals surface area contributed by atoms with E-state index in [4.69, 9.17) is 20.3 Å². The van der Waals surface area contributed by atoms with Crippen LogP contribution in [0.5, 0.6) is 11.5 Å². The molecule has 0 spiro atoms. The van der Waals surface area contributed by atoms with Crippen LogP contribution in [0.25, 0.3) is 0 Å². The average molecular weight is 167 g/mol. The Bertz CT molecular complexity index is 300. The van der Waals surface area contributed by atoms with Crippen LogP contribution in [0.3, 0.4) is 0 Å². The minimum Gasteiger partial charge on any atom is -0.483 e. The maximum absolute atomic E-state index is 9.08. The fraction of sp³-hybridized carbons (Fsp3) is 0.250. The summed E-state index contributed by atoms with van der Waals surface area (Å²) in [6.07, 6.45) is -0.915. The van der Waals surface area contributed by atoms with Crippen molar-refractivity contribution in [3.63, 3.8) is 0 Å². The van der Waals surface area contributed by atoms with Crippen molar-refractivity contribution in [2.75, 3.05) is 12.3 Å². The van der Waals surface area contributed by atoms with Crippen LogP contribution >= 0.6 is 0 Å². The smallest absolute Gasteiger partial charge is 0.232 e. The normalized spacial score (nSPS) is 20.6. The molecule has 4 heteroatoms. The lowest BCUT2D eigenvalue weighted by Crippen LogP contribution is -2.28. The number of benzene rings is 1. The van der Waals surface area contributed by atoms with Crippen LogP contribution < -0.4 is 15.2 Å². The zero-order valence-electron chi connectivity index (χ0n) is 6.36. The number of hydrogen-bond donors (Lipinski definition) is 2. The van der Waals surface area contributed by atoms with Crippen molar-refractivity contribution in [1.29, 1.82) is 0 Å². The lowest BCUT2D eigenvalue weighted by molar-refractivity contribution is -0.0664. The maximum atomic E-state index is 9.08. The van der Waals surface area contributed by atoms with Crippen LogP contribution in [0.2, 0.25) is 0 Å². The Balaban J connectivity index is 2.43. The highest BCUT2D eigenvalue weighted by Gasteiger charge is 2.19. The third-order valence-electron chi connectivity index (χ3n) is 1.64. The van der Waals surface area contributed by atoms with E-state index in [9.17, 15) is 0 Å². The van der Waals surface area contributed by atoms with Gasteiger partial charge in [0.1, 0.15) is 0 Å². The van der Waals surface area contributed by atoms with Crippen LogP contribution in [0.4, 0.5) is 5.69 Å². The van der Waals surface area contributed by atoms with Crippen molar-refractivity contribution < 1.29 is 14.6 Å². The molecule has 2 rings (SSSR count). The third-order valence-corrected chi connectivity index (χ3v) is 1.64. The molecule has 1 aliphatic heterocycles. The van der Waals surface area contributed by atoms with Crippen molar-refractivity contribution in [1.82, 2.24) is 0 Å². The van der Waals surface area contributed by atoms with E-state index in [1.807, 2.05) is 0 Å². The van der Waals surface area contributed by atoms with Gasteiger partial charge in [-0.3, -0.25) is 0 Å². The minimum atomic E-state index is -0.915. The average Bonchev–Trinajstić information content (AvgIpc) is 2.07. The number of ether oxygens (including phenoxy) is 2. The van der Waals surface area contributed by atoms with Gasteiger partial charge in [0.05, 0.1) is 5.69 Å². The molecule has 1 aromatic carbocycles. The molecule has 0 fully saturated rings. The van der Waals surface area contributed by atoms with Gasteiger partial charge in [-0.05, 0) is 12.1 Å². The van der Waals surface area contributed by atoms with Gasteiger partial charge in [-0.1, -0.05) is 6.07 Å². The zero-order valence-corrected chi connectivity index (χ0v) is 6.36. The molecule has 3 N–H and O–H groups in total. The van der Waals surface area contributed by atoms with Gasteiger partial charge < -0.3 is 20.3 Å². The summed E-state index contributed by atoms with van der Waals surface area (Å²) in [6, 6.07) is 5.22. The first-order valence-electron chi connectivity index (χ1n) is 3.63. The first-order valence-corrected chi connectivity index (χ1v) is 3.63. The highest BCUT2D eigenvalue weighted by atomic mass is 16.7. The standard InChI is InChI=1S/C8H9NO3/c9-5-2-1-3-6-8(5)12-7(10)4-11-6/h1-3,7,10H,4,9H2. The van der Waals surface area contributed by atoms with Gasteiger partial charge in [0.2, 0.25) is 6.29 Å². The number of para-hydroxylation sites is 1. The molecule has 0 bridgehead atoms. The third kappa shape index (κ3) is 1.06. The fourth-order valence-electron chi connectivity index (χ4n) is 1.10. The molecule has 0 aliphatic carbocycles. The summed E-state index contributed by atoms with van der Waals surface area (Å²) in [5, 5.41) is 9.08. The lowest BCUT2D eigenvalue weighted by atomic mass is 10.2. The summed E-state index contributed by atoms with van der Waals surface area (Å²) in [4.78, 5) is 0. The molecule has 64 valence electrons. The molecule has 12 heavy (non-hydrogen) atoms. The predicted molar refractivity (Wildman–Crippen MR) is 43.0 cm³/mol. The van der Waals surface area contributed by atoms with Crippen molar-refractivity contribution in [2.24, 2.45) is 0 Å². The first-order chi connectivity index (χ1) is 5.77. The molecule has 0 saturated heterocycles. The van der Waals surface area contributed by atoms with E-state index in [0.717, 1.165) is 0 Å². The SMILES string of the molecule is Nc1cccc2c1OC(O)CO2. The number of aliphatic hydroxyl groups is 1. The van der Waals surface area contributed by atoms with E-state index in [-0.39, 0.29) is 6.61 Å². The second-order valence-electron chi connectivity index (χ2n) is 2.56. The summed E-state index contributed by atoms with van der Waals surface area (Å²) in [5.41, 5.74) is 6.07. The summed E-state index contributed by atoms with van der Waals surface area (Å²) in [6.45, 7) is 0.149. The van der Waals surface area contributed by atoms with Gasteiger partial charge in [0.25, 0.3) is 0 Å². The second-order valence-corrected chi connectivity index (χ2v) is 2.56. The number of rotatable bonds is 0. The monoisotopic (exact) mass is 167 g/mol. The summed E-state index contributed by atoms with van der Waals surface area (Å²) < 4.78 is 10.2. The van der Waals surface area contributed by atoms with Crippen LogP contribution in [-0.2, 0) is 0 Å². The van der Waals surface area contributed by atoms with Gasteiger partial charge in [0.15, 0.2) is 18.1 Å². The largest absolute Gasteiger partial charge is 0.483 e. The number of hydrogen-bond acceptors (Lipinski definition) is 4. The Labute approximate surface area is 69.5 Å². The van der Waals surface area contributed by atoms with E-state index >= 15 is 0 Å². The number of nitrogen functional groups attached to an aromatic ring is 1. The molecule has 1 aromatic rings. The van der Waals surface area contributed by atoms with Gasteiger partial charge in [-0.15, -0.1) is 0 Å². The van der Waals surface area contributed by atoms with Gasteiger partial charge in [-0.2, -0.15) is 0 Å². The van der Waals surface area contributed by atoms with Crippen LogP contribution in [0, 0.1) is 0 Å². The molecule has 1 heterocycles. The second kappa shape index (κ2) is 2.57. The predicted octanol–water partition coefficient (Wildman–Crippen LogP) is 0.358. The van der Waals surface area contributed by atoms with Gasteiger partial charge in [0, 0.05) is 0 Å². The fourth-order valence-corrected chi connectivity index (χ4v) is 1.10. The maximum Gasteiger partial charge on any atom is 0.232 e. The lowest BCUT2D eigenvalue weighted by Gasteiger charge is -2.23. The Morgan fingerprint density at radius 3 is 3.17 bits per heavy atom. The number of nitrogens with two attached hydrogens (primary N) is 1. The van der Waals surface area contributed by atoms with Crippen LogP contribution in [0.15, 0.2) is 18.2 Å². The highest BCUT2D eigenvalue weighted by molar-refractivity contribution is 5.60. The Kier molecular flexibility index (Phi) is 1.55. The van der Waals surface area contributed by atoms with Crippen LogP contribution in [0.1, 0.15) is 0 Å². The zero-order chi connectivity index (χ0) is 8.55. The molecule has 0 aromatic heterocycles. The van der Waals surface area contributed by atoms with E-state index in [1.54, 1.807) is 18.2 Å². The Morgan fingerprint density at radius 1 is 1.50 bits per heavy atom. The minimum absolute atomic E-state index is 0.149. The molecule has 1 atom stereocenters. The summed E-state index contributed by atoms with van der Waals surface area (Å²) in [7, 11) is 0. The summed E-state index contributed by atoms with van der Waals surface area (Å²) >= 11 is 0. The number of fused-ring (bicyclic) bond motifs is 1. The van der Waals surface area contributed by atoms with Crippen molar-refractivity contribution in [3.8, 4) is 11.5 Å². The van der Waals surface area contributed by atoms with E-state index in [1.165, 1.54) is 0 Å². The Morgan fingerprint density at radius 2 is 2.33 bits per heavy atom. The van der Waals surface area contributed by atoms with Crippen molar-refractivity contribution in [2.45, 2.75) is 6.29 Å². The number of aliphatic hydroxyl groups excluding tert-OH is 1. The van der Waals surface area contributed by atoms with Crippen molar-refractivity contribution >= 4 is 5.69 Å². The van der Waals surface area contributed by atoms with Gasteiger partial charge in [-0.25, -0.2) is 0 Å². The molecule has 0 radical (unpaired) electrons. The van der Waals surface area contributed by atoms with E-state index in [0.29, 0.717) is 17.2 Å². The molecule has 0 amide bonds. The quantitative estimate of drug-likeness (QED) is 0.547. The molecule has 4 nitrogen and oxygen atoms in total. The van der Waals surface area contributed by atoms with E-state index in [2.05, 4.69) is 0 Å². The number of anilines is 1.